The molecule has 1 aliphatic carbocycles. The van der Waals surface area contributed by atoms with E-state index in [1.54, 1.807) is 6.07 Å². The van der Waals surface area contributed by atoms with Crippen LogP contribution in [0.1, 0.15) is 45.3 Å². The molecule has 0 amide bonds. The Labute approximate surface area is 121 Å². The zero-order valence-corrected chi connectivity index (χ0v) is 12.8. The molecule has 0 aliphatic heterocycles. The van der Waals surface area contributed by atoms with Gasteiger partial charge in [0.2, 0.25) is 0 Å². The highest BCUT2D eigenvalue weighted by Gasteiger charge is 2.30. The van der Waals surface area contributed by atoms with Gasteiger partial charge < -0.3 is 10.2 Å². The third-order valence-electron chi connectivity index (χ3n) is 4.05. The van der Waals surface area contributed by atoms with Crippen molar-refractivity contribution in [1.29, 1.82) is 0 Å². The van der Waals surface area contributed by atoms with Crippen molar-refractivity contribution < 1.29 is 4.39 Å². The number of pyridine rings is 1. The zero-order valence-electron chi connectivity index (χ0n) is 12.8. The van der Waals surface area contributed by atoms with Crippen LogP contribution in [0.15, 0.2) is 18.3 Å². The Balaban J connectivity index is 2.04. The molecule has 0 saturated heterocycles. The van der Waals surface area contributed by atoms with Crippen LogP contribution in [0.4, 0.5) is 4.39 Å². The van der Waals surface area contributed by atoms with E-state index < -0.39 is 0 Å². The maximum absolute atomic E-state index is 13.0. The van der Waals surface area contributed by atoms with Gasteiger partial charge in [-0.3, -0.25) is 4.98 Å². The second-order valence-electron chi connectivity index (χ2n) is 5.73. The van der Waals surface area contributed by atoms with Gasteiger partial charge in [-0.25, -0.2) is 4.39 Å². The molecule has 1 aromatic heterocycles. The second kappa shape index (κ2) is 7.14. The highest BCUT2D eigenvalue weighted by Crippen LogP contribution is 2.29. The van der Waals surface area contributed by atoms with E-state index in [0.29, 0.717) is 5.92 Å². The van der Waals surface area contributed by atoms with Gasteiger partial charge in [-0.05, 0) is 44.0 Å². The highest BCUT2D eigenvalue weighted by atomic mass is 19.1. The lowest BCUT2D eigenvalue weighted by atomic mass is 9.97. The first-order chi connectivity index (χ1) is 9.65. The minimum Gasteiger partial charge on any atom is -0.309 e. The number of hydrogen-bond acceptors (Lipinski definition) is 3. The predicted molar refractivity (Wildman–Crippen MR) is 80.0 cm³/mol. The van der Waals surface area contributed by atoms with Gasteiger partial charge in [-0.2, -0.15) is 0 Å². The van der Waals surface area contributed by atoms with Crippen LogP contribution in [-0.2, 0) is 0 Å². The molecule has 1 heterocycles. The standard InChI is InChI=1S/C16H26FN3/c1-4-18-16(15-9-6-13(17)10-19-15)12(3)11-20(5-2)14-7-8-14/h6,9-10,12,14,16,18H,4-5,7-8,11H2,1-3H3. The first-order valence-electron chi connectivity index (χ1n) is 7.74. The monoisotopic (exact) mass is 279 g/mol. The molecule has 0 radical (unpaired) electrons. The lowest BCUT2D eigenvalue weighted by Crippen LogP contribution is -2.37. The van der Waals surface area contributed by atoms with Crippen molar-refractivity contribution in [1.82, 2.24) is 15.2 Å². The largest absolute Gasteiger partial charge is 0.309 e. The van der Waals surface area contributed by atoms with Crippen molar-refractivity contribution in [3.8, 4) is 0 Å². The molecule has 3 nitrogen and oxygen atoms in total. The van der Waals surface area contributed by atoms with Gasteiger partial charge in [0.05, 0.1) is 17.9 Å². The molecule has 112 valence electrons. The summed E-state index contributed by atoms with van der Waals surface area (Å²) < 4.78 is 13.0. The minimum atomic E-state index is -0.273. The third kappa shape index (κ3) is 4.00. The first-order valence-corrected chi connectivity index (χ1v) is 7.74. The van der Waals surface area contributed by atoms with Crippen LogP contribution in [0.2, 0.25) is 0 Å². The second-order valence-corrected chi connectivity index (χ2v) is 5.73. The summed E-state index contributed by atoms with van der Waals surface area (Å²) in [5.74, 6) is 0.179. The normalized spacial score (nSPS) is 18.2. The number of nitrogens with zero attached hydrogens (tertiary/aromatic N) is 2. The van der Waals surface area contributed by atoms with Gasteiger partial charge in [0.15, 0.2) is 0 Å². The summed E-state index contributed by atoms with van der Waals surface area (Å²) in [4.78, 5) is 6.81. The number of halogens is 1. The summed E-state index contributed by atoms with van der Waals surface area (Å²) in [5.41, 5.74) is 0.938. The summed E-state index contributed by atoms with van der Waals surface area (Å²) in [6.07, 6.45) is 3.98. The fourth-order valence-corrected chi connectivity index (χ4v) is 2.84. The first kappa shape index (κ1) is 15.4. The van der Waals surface area contributed by atoms with E-state index >= 15 is 0 Å². The molecule has 1 fully saturated rings. The molecule has 1 saturated carbocycles. The predicted octanol–water partition coefficient (Wildman–Crippen LogP) is 2.99. The Morgan fingerprint density at radius 3 is 2.65 bits per heavy atom. The molecule has 2 atom stereocenters. The lowest BCUT2D eigenvalue weighted by Gasteiger charge is -2.30. The zero-order chi connectivity index (χ0) is 14.5. The molecule has 1 aromatic rings. The molecule has 2 unspecified atom stereocenters. The summed E-state index contributed by atoms with van der Waals surface area (Å²) >= 11 is 0. The number of rotatable bonds is 8. The Kier molecular flexibility index (Phi) is 5.49. The van der Waals surface area contributed by atoms with Crippen molar-refractivity contribution in [2.45, 2.75) is 45.7 Å². The molecule has 20 heavy (non-hydrogen) atoms. The van der Waals surface area contributed by atoms with Crippen LogP contribution in [0.5, 0.6) is 0 Å². The molecule has 1 aliphatic rings. The lowest BCUT2D eigenvalue weighted by molar-refractivity contribution is 0.210. The summed E-state index contributed by atoms with van der Waals surface area (Å²) in [5, 5.41) is 3.50. The van der Waals surface area contributed by atoms with Crippen molar-refractivity contribution in [2.24, 2.45) is 5.92 Å². The van der Waals surface area contributed by atoms with Crippen LogP contribution in [-0.4, -0.2) is 35.6 Å². The van der Waals surface area contributed by atoms with Gasteiger partial charge in [0.25, 0.3) is 0 Å². The van der Waals surface area contributed by atoms with Gasteiger partial charge >= 0.3 is 0 Å². The van der Waals surface area contributed by atoms with Crippen molar-refractivity contribution >= 4 is 0 Å². The smallest absolute Gasteiger partial charge is 0.141 e. The van der Waals surface area contributed by atoms with E-state index in [1.165, 1.54) is 25.1 Å². The number of nitrogens with one attached hydrogen (secondary N) is 1. The van der Waals surface area contributed by atoms with Crippen LogP contribution >= 0.6 is 0 Å². The molecule has 2 rings (SSSR count). The molecule has 0 spiro atoms. The Morgan fingerprint density at radius 1 is 1.40 bits per heavy atom. The molecule has 0 aromatic carbocycles. The number of aromatic nitrogens is 1. The van der Waals surface area contributed by atoms with Gasteiger partial charge in [-0.15, -0.1) is 0 Å². The minimum absolute atomic E-state index is 0.188. The van der Waals surface area contributed by atoms with Crippen LogP contribution in [0, 0.1) is 11.7 Å². The Bertz CT molecular complexity index is 403. The molecule has 4 heteroatoms. The summed E-state index contributed by atoms with van der Waals surface area (Å²) in [6, 6.07) is 4.27. The number of hydrogen-bond donors (Lipinski definition) is 1. The van der Waals surface area contributed by atoms with Crippen LogP contribution in [0.25, 0.3) is 0 Å². The van der Waals surface area contributed by atoms with Crippen molar-refractivity contribution in [3.63, 3.8) is 0 Å². The fourth-order valence-electron chi connectivity index (χ4n) is 2.84. The maximum Gasteiger partial charge on any atom is 0.141 e. The van der Waals surface area contributed by atoms with E-state index in [0.717, 1.165) is 31.4 Å². The van der Waals surface area contributed by atoms with Gasteiger partial charge in [0, 0.05) is 12.6 Å². The van der Waals surface area contributed by atoms with Gasteiger partial charge in [-0.1, -0.05) is 20.8 Å². The van der Waals surface area contributed by atoms with Gasteiger partial charge in [0.1, 0.15) is 5.82 Å². The molecular weight excluding hydrogens is 253 g/mol. The summed E-state index contributed by atoms with van der Waals surface area (Å²) in [7, 11) is 0. The third-order valence-corrected chi connectivity index (χ3v) is 4.05. The maximum atomic E-state index is 13.0. The highest BCUT2D eigenvalue weighted by molar-refractivity contribution is 5.11. The van der Waals surface area contributed by atoms with Crippen molar-refractivity contribution in [3.05, 3.63) is 29.8 Å². The average molecular weight is 279 g/mol. The van der Waals surface area contributed by atoms with E-state index in [1.807, 2.05) is 0 Å². The Morgan fingerprint density at radius 2 is 2.15 bits per heavy atom. The fraction of sp³-hybridized carbons (Fsp3) is 0.688. The van der Waals surface area contributed by atoms with Crippen molar-refractivity contribution in [2.75, 3.05) is 19.6 Å². The molecule has 1 N–H and O–H groups in total. The topological polar surface area (TPSA) is 28.2 Å². The molecule has 0 bridgehead atoms. The van der Waals surface area contributed by atoms with E-state index in [-0.39, 0.29) is 11.9 Å². The van der Waals surface area contributed by atoms with Crippen LogP contribution < -0.4 is 5.32 Å². The average Bonchev–Trinajstić information content (AvgIpc) is 3.27. The van der Waals surface area contributed by atoms with Crippen LogP contribution in [0.3, 0.4) is 0 Å². The SMILES string of the molecule is CCNC(c1ccc(F)cn1)C(C)CN(CC)C1CC1. The van der Waals surface area contributed by atoms with E-state index in [9.17, 15) is 4.39 Å². The molecular formula is C16H26FN3. The quantitative estimate of drug-likeness (QED) is 0.793. The van der Waals surface area contributed by atoms with E-state index in [4.69, 9.17) is 0 Å². The summed E-state index contributed by atoms with van der Waals surface area (Å²) in [6.45, 7) is 9.64. The Hall–Kier alpha value is -1.00. The van der Waals surface area contributed by atoms with E-state index in [2.05, 4.69) is 36.0 Å².